The van der Waals surface area contributed by atoms with Crippen molar-refractivity contribution < 1.29 is 9.53 Å². The Labute approximate surface area is 127 Å². The van der Waals surface area contributed by atoms with Gasteiger partial charge in [-0.05, 0) is 26.2 Å². The molecule has 1 aliphatic carbocycles. The topological polar surface area (TPSA) is 64.3 Å². The van der Waals surface area contributed by atoms with Crippen molar-refractivity contribution in [1.29, 1.82) is 0 Å². The van der Waals surface area contributed by atoms with E-state index in [9.17, 15) is 4.79 Å². The third-order valence-electron chi connectivity index (χ3n) is 4.24. The molecular weight excluding hydrogens is 272 g/mol. The highest BCUT2D eigenvalue weighted by Gasteiger charge is 2.34. The maximum absolute atomic E-state index is 12.2. The van der Waals surface area contributed by atoms with E-state index in [0.717, 1.165) is 32.1 Å². The molecular formula is C15H28N2O2S. The number of amides is 1. The summed E-state index contributed by atoms with van der Waals surface area (Å²) >= 11 is 5.25. The van der Waals surface area contributed by atoms with Crippen LogP contribution in [0.3, 0.4) is 0 Å². The largest absolute Gasteiger partial charge is 0.391 e. The lowest BCUT2D eigenvalue weighted by Gasteiger charge is -2.35. The molecule has 1 atom stereocenters. The minimum absolute atomic E-state index is 0.0299. The minimum Gasteiger partial charge on any atom is -0.391 e. The fraction of sp³-hybridized carbons (Fsp3) is 0.867. The van der Waals surface area contributed by atoms with Crippen molar-refractivity contribution in [3.8, 4) is 0 Å². The highest BCUT2D eigenvalue weighted by molar-refractivity contribution is 7.80. The lowest BCUT2D eigenvalue weighted by molar-refractivity contribution is -0.123. The Morgan fingerprint density at radius 2 is 1.85 bits per heavy atom. The van der Waals surface area contributed by atoms with Crippen molar-refractivity contribution in [2.45, 2.75) is 76.4 Å². The highest BCUT2D eigenvalue weighted by Crippen LogP contribution is 2.27. The standard InChI is InChI=1S/C15H28N2O2S/c1-12(19-2)8-9-13(18)17-15(14(16)20)10-6-4-3-5-7-11-15/h12H,3-11H2,1-2H3,(H2,16,20)(H,17,18). The summed E-state index contributed by atoms with van der Waals surface area (Å²) in [5.41, 5.74) is 5.48. The Morgan fingerprint density at radius 1 is 1.30 bits per heavy atom. The molecule has 0 aromatic heterocycles. The number of methoxy groups -OCH3 is 1. The van der Waals surface area contributed by atoms with Crippen LogP contribution in [0.25, 0.3) is 0 Å². The highest BCUT2D eigenvalue weighted by atomic mass is 32.1. The molecule has 20 heavy (non-hydrogen) atoms. The molecule has 0 bridgehead atoms. The van der Waals surface area contributed by atoms with Gasteiger partial charge in [-0.15, -0.1) is 0 Å². The SMILES string of the molecule is COC(C)CCC(=O)NC1(C(N)=S)CCCCCCC1. The second-order valence-corrected chi connectivity index (χ2v) is 6.29. The molecule has 0 aromatic rings. The predicted molar refractivity (Wildman–Crippen MR) is 85.7 cm³/mol. The summed E-state index contributed by atoms with van der Waals surface area (Å²) in [4.78, 5) is 12.6. The van der Waals surface area contributed by atoms with E-state index in [1.54, 1.807) is 7.11 Å². The van der Waals surface area contributed by atoms with Gasteiger partial charge >= 0.3 is 0 Å². The van der Waals surface area contributed by atoms with Gasteiger partial charge in [0.2, 0.25) is 5.91 Å². The van der Waals surface area contributed by atoms with Crippen LogP contribution >= 0.6 is 12.2 Å². The number of ether oxygens (including phenoxy) is 1. The van der Waals surface area contributed by atoms with Crippen LogP contribution in [0.4, 0.5) is 0 Å². The summed E-state index contributed by atoms with van der Waals surface area (Å²) in [7, 11) is 1.66. The van der Waals surface area contributed by atoms with Gasteiger partial charge in [-0.25, -0.2) is 0 Å². The Balaban J connectivity index is 2.60. The van der Waals surface area contributed by atoms with E-state index in [1.165, 1.54) is 19.3 Å². The zero-order valence-electron chi connectivity index (χ0n) is 12.7. The summed E-state index contributed by atoms with van der Waals surface area (Å²) in [6.45, 7) is 1.96. The zero-order valence-corrected chi connectivity index (χ0v) is 13.6. The first-order valence-electron chi connectivity index (χ1n) is 7.64. The third kappa shape index (κ3) is 5.37. The molecule has 4 nitrogen and oxygen atoms in total. The van der Waals surface area contributed by atoms with Gasteiger partial charge in [-0.1, -0.05) is 44.3 Å². The van der Waals surface area contributed by atoms with Crippen LogP contribution < -0.4 is 11.1 Å². The van der Waals surface area contributed by atoms with Crippen LogP contribution in [-0.4, -0.2) is 29.6 Å². The lowest BCUT2D eigenvalue weighted by Crippen LogP contribution is -2.57. The molecule has 1 saturated carbocycles. The van der Waals surface area contributed by atoms with Crippen LogP contribution in [0.1, 0.15) is 64.7 Å². The van der Waals surface area contributed by atoms with Crippen molar-refractivity contribution in [2.24, 2.45) is 5.73 Å². The summed E-state index contributed by atoms with van der Waals surface area (Å²) < 4.78 is 5.17. The number of hydrogen-bond donors (Lipinski definition) is 2. The van der Waals surface area contributed by atoms with Gasteiger partial charge in [-0.2, -0.15) is 0 Å². The van der Waals surface area contributed by atoms with Crippen molar-refractivity contribution in [1.82, 2.24) is 5.32 Å². The molecule has 1 unspecified atom stereocenters. The number of hydrogen-bond acceptors (Lipinski definition) is 3. The third-order valence-corrected chi connectivity index (χ3v) is 4.63. The Kier molecular flexibility index (Phi) is 7.45. The molecule has 0 saturated heterocycles. The van der Waals surface area contributed by atoms with E-state index in [2.05, 4.69) is 5.32 Å². The molecule has 1 fully saturated rings. The first-order chi connectivity index (χ1) is 9.50. The molecule has 0 aromatic carbocycles. The molecule has 5 heteroatoms. The Bertz CT molecular complexity index is 326. The zero-order chi connectivity index (χ0) is 15.0. The number of nitrogens with one attached hydrogen (secondary N) is 1. The van der Waals surface area contributed by atoms with Gasteiger partial charge in [0.05, 0.1) is 16.6 Å². The maximum atomic E-state index is 12.2. The van der Waals surface area contributed by atoms with E-state index in [1.807, 2.05) is 6.92 Å². The first-order valence-corrected chi connectivity index (χ1v) is 8.05. The molecule has 116 valence electrons. The normalized spacial score (nSPS) is 20.5. The van der Waals surface area contributed by atoms with Gasteiger partial charge in [0.25, 0.3) is 0 Å². The van der Waals surface area contributed by atoms with Crippen molar-refractivity contribution in [3.63, 3.8) is 0 Å². The van der Waals surface area contributed by atoms with Crippen LogP contribution in [-0.2, 0) is 9.53 Å². The van der Waals surface area contributed by atoms with Crippen LogP contribution in [0, 0.1) is 0 Å². The van der Waals surface area contributed by atoms with Gasteiger partial charge < -0.3 is 15.8 Å². The van der Waals surface area contributed by atoms with Gasteiger partial charge in [0.15, 0.2) is 0 Å². The van der Waals surface area contributed by atoms with Gasteiger partial charge in [0, 0.05) is 13.5 Å². The molecule has 1 rings (SSSR count). The van der Waals surface area contributed by atoms with Crippen LogP contribution in [0.5, 0.6) is 0 Å². The summed E-state index contributed by atoms with van der Waals surface area (Å²) in [5.74, 6) is 0.0299. The Hall–Kier alpha value is -0.680. The molecule has 0 heterocycles. The molecule has 0 spiro atoms. The average molecular weight is 300 g/mol. The fourth-order valence-electron chi connectivity index (χ4n) is 2.72. The number of nitrogens with two attached hydrogens (primary N) is 1. The van der Waals surface area contributed by atoms with E-state index >= 15 is 0 Å². The Morgan fingerprint density at radius 3 is 2.35 bits per heavy atom. The number of carbonyl (C=O) groups is 1. The van der Waals surface area contributed by atoms with Crippen molar-refractivity contribution in [3.05, 3.63) is 0 Å². The number of rotatable bonds is 6. The monoisotopic (exact) mass is 300 g/mol. The molecule has 0 radical (unpaired) electrons. The van der Waals surface area contributed by atoms with Crippen LogP contribution in [0.2, 0.25) is 0 Å². The number of carbonyl (C=O) groups excluding carboxylic acids is 1. The maximum Gasteiger partial charge on any atom is 0.220 e. The lowest BCUT2D eigenvalue weighted by atomic mass is 9.83. The average Bonchev–Trinajstić information content (AvgIpc) is 2.38. The molecule has 1 amide bonds. The second-order valence-electron chi connectivity index (χ2n) is 5.85. The smallest absolute Gasteiger partial charge is 0.220 e. The second kappa shape index (κ2) is 8.57. The van der Waals surface area contributed by atoms with E-state index in [4.69, 9.17) is 22.7 Å². The van der Waals surface area contributed by atoms with Crippen molar-refractivity contribution in [2.75, 3.05) is 7.11 Å². The van der Waals surface area contributed by atoms with Crippen molar-refractivity contribution >= 4 is 23.1 Å². The van der Waals surface area contributed by atoms with E-state index in [0.29, 0.717) is 11.4 Å². The molecule has 1 aliphatic rings. The fourth-order valence-corrected chi connectivity index (χ4v) is 2.98. The summed E-state index contributed by atoms with van der Waals surface area (Å²) in [6.07, 6.45) is 8.82. The predicted octanol–water partition coefficient (Wildman–Crippen LogP) is 2.69. The molecule has 3 N–H and O–H groups in total. The van der Waals surface area contributed by atoms with E-state index < -0.39 is 5.54 Å². The van der Waals surface area contributed by atoms with Gasteiger partial charge in [-0.3, -0.25) is 4.79 Å². The van der Waals surface area contributed by atoms with Crippen LogP contribution in [0.15, 0.2) is 0 Å². The number of thiocarbonyl (C=S) groups is 1. The minimum atomic E-state index is -0.469. The first kappa shape index (κ1) is 17.4. The summed E-state index contributed by atoms with van der Waals surface area (Å²) in [5, 5.41) is 3.12. The van der Waals surface area contributed by atoms with Gasteiger partial charge in [0.1, 0.15) is 0 Å². The molecule has 0 aliphatic heterocycles. The summed E-state index contributed by atoms with van der Waals surface area (Å²) in [6, 6.07) is 0. The van der Waals surface area contributed by atoms with E-state index in [-0.39, 0.29) is 12.0 Å². The quantitative estimate of drug-likeness (QED) is 0.740.